The Balaban J connectivity index is 1.91. The largest absolute Gasteiger partial charge is 0.494 e. The average molecular weight is 362 g/mol. The van der Waals surface area contributed by atoms with Gasteiger partial charge in [-0.1, -0.05) is 42.5 Å². The molecule has 0 spiro atoms. The molecule has 1 atom stereocenters. The number of nitrogens with zero attached hydrogens (tertiary/aromatic N) is 2. The van der Waals surface area contributed by atoms with Gasteiger partial charge in [0, 0.05) is 17.5 Å². The first-order valence-corrected chi connectivity index (χ1v) is 9.18. The normalized spacial score (nSPS) is 16.7. The summed E-state index contributed by atoms with van der Waals surface area (Å²) in [6.07, 6.45) is 1.75. The summed E-state index contributed by atoms with van der Waals surface area (Å²) in [6.45, 7) is 0.655. The van der Waals surface area contributed by atoms with Crippen molar-refractivity contribution in [3.63, 3.8) is 0 Å². The Morgan fingerprint density at radius 3 is 2.78 bits per heavy atom. The fourth-order valence-corrected chi connectivity index (χ4v) is 3.77. The third-order valence-electron chi connectivity index (χ3n) is 5.17. The molecule has 1 fully saturated rings. The van der Waals surface area contributed by atoms with Crippen molar-refractivity contribution in [3.8, 4) is 17.0 Å². The van der Waals surface area contributed by atoms with Gasteiger partial charge in [-0.05, 0) is 25.0 Å². The number of ether oxygens (including phenoxy) is 1. The smallest absolute Gasteiger partial charge is 0.254 e. The fraction of sp³-hybridized carbons (Fsp3) is 0.273. The zero-order chi connectivity index (χ0) is 18.8. The molecule has 27 heavy (non-hydrogen) atoms. The van der Waals surface area contributed by atoms with Crippen LogP contribution in [0.3, 0.4) is 0 Å². The van der Waals surface area contributed by atoms with Gasteiger partial charge in [-0.15, -0.1) is 0 Å². The van der Waals surface area contributed by atoms with Crippen molar-refractivity contribution < 1.29 is 14.6 Å². The molecule has 138 valence electrons. The first kappa shape index (κ1) is 17.5. The van der Waals surface area contributed by atoms with E-state index in [1.165, 1.54) is 0 Å². The summed E-state index contributed by atoms with van der Waals surface area (Å²) in [6, 6.07) is 17.2. The van der Waals surface area contributed by atoms with E-state index < -0.39 is 0 Å². The minimum atomic E-state index is -0.119. The molecule has 0 radical (unpaired) electrons. The van der Waals surface area contributed by atoms with E-state index >= 15 is 0 Å². The van der Waals surface area contributed by atoms with Crippen molar-refractivity contribution in [2.24, 2.45) is 0 Å². The highest BCUT2D eigenvalue weighted by Gasteiger charge is 2.30. The summed E-state index contributed by atoms with van der Waals surface area (Å²) < 4.78 is 5.49. The first-order chi connectivity index (χ1) is 13.2. The average Bonchev–Trinajstić information content (AvgIpc) is 3.21. The standard InChI is InChI=1S/C22H22N2O3/c1-27-20-11-5-10-17-18(22(26)24-12-6-9-16(24)14-25)13-19(23-21(17)20)15-7-3-2-4-8-15/h2-5,7-8,10-11,13,16,25H,6,9,12,14H2,1H3. The van der Waals surface area contributed by atoms with E-state index in [2.05, 4.69) is 0 Å². The number of aromatic nitrogens is 1. The number of methoxy groups -OCH3 is 1. The Kier molecular flexibility index (Phi) is 4.77. The van der Waals surface area contributed by atoms with Gasteiger partial charge in [0.05, 0.1) is 31.0 Å². The monoisotopic (exact) mass is 362 g/mol. The summed E-state index contributed by atoms with van der Waals surface area (Å²) in [5, 5.41) is 10.4. The molecule has 5 nitrogen and oxygen atoms in total. The molecule has 0 aliphatic carbocycles. The lowest BCUT2D eigenvalue weighted by Gasteiger charge is -2.24. The number of para-hydroxylation sites is 1. The topological polar surface area (TPSA) is 62.7 Å². The number of hydrogen-bond donors (Lipinski definition) is 1. The lowest BCUT2D eigenvalue weighted by Crippen LogP contribution is -2.37. The molecule has 3 aromatic rings. The summed E-state index contributed by atoms with van der Waals surface area (Å²) in [5.74, 6) is 0.573. The van der Waals surface area contributed by atoms with Crippen molar-refractivity contribution >= 4 is 16.8 Å². The van der Waals surface area contributed by atoms with Crippen LogP contribution < -0.4 is 4.74 Å². The highest BCUT2D eigenvalue weighted by molar-refractivity contribution is 6.08. The Labute approximate surface area is 158 Å². The van der Waals surface area contributed by atoms with E-state index in [1.54, 1.807) is 12.0 Å². The maximum atomic E-state index is 13.4. The molecule has 1 aliphatic heterocycles. The van der Waals surface area contributed by atoms with Crippen molar-refractivity contribution in [2.75, 3.05) is 20.3 Å². The van der Waals surface area contributed by atoms with Gasteiger partial charge in [0.15, 0.2) is 0 Å². The van der Waals surface area contributed by atoms with Crippen LogP contribution in [0.25, 0.3) is 22.2 Å². The van der Waals surface area contributed by atoms with Gasteiger partial charge in [0.25, 0.3) is 5.91 Å². The quantitative estimate of drug-likeness (QED) is 0.771. The molecule has 1 aliphatic rings. The highest BCUT2D eigenvalue weighted by atomic mass is 16.5. The molecule has 1 unspecified atom stereocenters. The van der Waals surface area contributed by atoms with Gasteiger partial charge in [0.1, 0.15) is 11.3 Å². The van der Waals surface area contributed by atoms with Crippen molar-refractivity contribution in [1.29, 1.82) is 0 Å². The zero-order valence-electron chi connectivity index (χ0n) is 15.3. The van der Waals surface area contributed by atoms with Crippen LogP contribution in [0.4, 0.5) is 0 Å². The van der Waals surface area contributed by atoms with E-state index in [1.807, 2.05) is 54.6 Å². The molecule has 1 N–H and O–H groups in total. The van der Waals surface area contributed by atoms with Crippen molar-refractivity contribution in [1.82, 2.24) is 9.88 Å². The minimum Gasteiger partial charge on any atom is -0.494 e. The second kappa shape index (κ2) is 7.37. The Morgan fingerprint density at radius 2 is 2.04 bits per heavy atom. The summed E-state index contributed by atoms with van der Waals surface area (Å²) in [7, 11) is 1.61. The van der Waals surface area contributed by atoms with Crippen LogP contribution in [-0.4, -0.2) is 47.2 Å². The molecule has 4 rings (SSSR count). The van der Waals surface area contributed by atoms with Crippen LogP contribution in [0.2, 0.25) is 0 Å². The number of benzene rings is 2. The third-order valence-corrected chi connectivity index (χ3v) is 5.17. The number of likely N-dealkylation sites (tertiary alicyclic amines) is 1. The number of carbonyl (C=O) groups excluding carboxylic acids is 1. The van der Waals surface area contributed by atoms with Gasteiger partial charge < -0.3 is 14.7 Å². The number of aliphatic hydroxyl groups is 1. The number of carbonyl (C=O) groups is 1. The molecule has 5 heteroatoms. The highest BCUT2D eigenvalue weighted by Crippen LogP contribution is 2.32. The van der Waals surface area contributed by atoms with Gasteiger partial charge in [-0.2, -0.15) is 0 Å². The maximum absolute atomic E-state index is 13.4. The zero-order valence-corrected chi connectivity index (χ0v) is 15.3. The van der Waals surface area contributed by atoms with Gasteiger partial charge >= 0.3 is 0 Å². The molecular weight excluding hydrogens is 340 g/mol. The Morgan fingerprint density at radius 1 is 1.22 bits per heavy atom. The van der Waals surface area contributed by atoms with E-state index in [-0.39, 0.29) is 18.6 Å². The van der Waals surface area contributed by atoms with E-state index in [0.29, 0.717) is 23.4 Å². The SMILES string of the molecule is COc1cccc2c(C(=O)N3CCCC3CO)cc(-c3ccccc3)nc12. The third kappa shape index (κ3) is 3.15. The number of hydrogen-bond acceptors (Lipinski definition) is 4. The fourth-order valence-electron chi connectivity index (χ4n) is 3.77. The van der Waals surface area contributed by atoms with Crippen LogP contribution in [0, 0.1) is 0 Å². The van der Waals surface area contributed by atoms with Crippen molar-refractivity contribution in [2.45, 2.75) is 18.9 Å². The number of fused-ring (bicyclic) bond motifs is 1. The molecule has 0 saturated carbocycles. The van der Waals surface area contributed by atoms with Crippen LogP contribution in [0.15, 0.2) is 54.6 Å². The summed E-state index contributed by atoms with van der Waals surface area (Å²) >= 11 is 0. The van der Waals surface area contributed by atoms with E-state index in [0.717, 1.165) is 29.5 Å². The summed E-state index contributed by atoms with van der Waals surface area (Å²) in [4.78, 5) is 19.9. The first-order valence-electron chi connectivity index (χ1n) is 9.18. The Hall–Kier alpha value is -2.92. The predicted octanol–water partition coefficient (Wildman–Crippen LogP) is 3.51. The number of rotatable bonds is 4. The second-order valence-corrected chi connectivity index (χ2v) is 6.75. The molecule has 1 amide bonds. The predicted molar refractivity (Wildman–Crippen MR) is 105 cm³/mol. The molecule has 1 saturated heterocycles. The lowest BCUT2D eigenvalue weighted by atomic mass is 10.0. The minimum absolute atomic E-state index is 0.0103. The van der Waals surface area contributed by atoms with Crippen LogP contribution in [0.1, 0.15) is 23.2 Å². The molecule has 1 aromatic heterocycles. The van der Waals surface area contributed by atoms with Crippen molar-refractivity contribution in [3.05, 3.63) is 60.2 Å². The van der Waals surface area contributed by atoms with Gasteiger partial charge in [-0.3, -0.25) is 4.79 Å². The molecular formula is C22H22N2O3. The number of pyridine rings is 1. The van der Waals surface area contributed by atoms with Crippen LogP contribution in [0.5, 0.6) is 5.75 Å². The number of amides is 1. The second-order valence-electron chi connectivity index (χ2n) is 6.75. The Bertz CT molecular complexity index is 972. The van der Waals surface area contributed by atoms with E-state index in [4.69, 9.17) is 9.72 Å². The molecule has 2 aromatic carbocycles. The van der Waals surface area contributed by atoms with Crippen LogP contribution in [-0.2, 0) is 0 Å². The van der Waals surface area contributed by atoms with Crippen LogP contribution >= 0.6 is 0 Å². The van der Waals surface area contributed by atoms with Gasteiger partial charge in [-0.25, -0.2) is 4.98 Å². The molecule has 0 bridgehead atoms. The number of aliphatic hydroxyl groups excluding tert-OH is 1. The van der Waals surface area contributed by atoms with E-state index in [9.17, 15) is 9.90 Å². The maximum Gasteiger partial charge on any atom is 0.254 e. The van der Waals surface area contributed by atoms with Gasteiger partial charge in [0.2, 0.25) is 0 Å². The lowest BCUT2D eigenvalue weighted by molar-refractivity contribution is 0.0679. The molecule has 2 heterocycles. The summed E-state index contributed by atoms with van der Waals surface area (Å²) in [5.41, 5.74) is 2.94.